The molecule has 4 amide bonds. The van der Waals surface area contributed by atoms with Crippen LogP contribution in [0.5, 0.6) is 0 Å². The molecule has 0 unspecified atom stereocenters. The number of nitrogens with one attached hydrogen (secondary N) is 1. The van der Waals surface area contributed by atoms with Crippen LogP contribution in [-0.4, -0.2) is 83.3 Å². The maximum Gasteiger partial charge on any atom is 0.416 e. The van der Waals surface area contributed by atoms with Crippen molar-refractivity contribution in [2.45, 2.75) is 71.6 Å². The minimum absolute atomic E-state index is 0.0170. The lowest BCUT2D eigenvalue weighted by Crippen LogP contribution is -2.68. The van der Waals surface area contributed by atoms with Gasteiger partial charge in [-0.05, 0) is 101 Å². The second-order valence-corrected chi connectivity index (χ2v) is 14.8. The number of benzene rings is 2. The third kappa shape index (κ3) is 8.72. The molecule has 1 saturated heterocycles. The highest BCUT2D eigenvalue weighted by atomic mass is 35.5. The monoisotopic (exact) mass is 739 g/mol. The van der Waals surface area contributed by atoms with Gasteiger partial charge in [0, 0.05) is 39.7 Å². The first kappa shape index (κ1) is 38.6. The summed E-state index contributed by atoms with van der Waals surface area (Å²) in [7, 11) is 0. The van der Waals surface area contributed by atoms with Crippen LogP contribution in [0.3, 0.4) is 0 Å². The summed E-state index contributed by atoms with van der Waals surface area (Å²) in [5, 5.41) is 20.0. The molecule has 0 spiro atoms. The van der Waals surface area contributed by atoms with E-state index in [4.69, 9.17) is 16.4 Å². The van der Waals surface area contributed by atoms with Gasteiger partial charge in [0.2, 0.25) is 0 Å². The van der Waals surface area contributed by atoms with E-state index in [1.165, 1.54) is 18.2 Å². The first-order valence-corrected chi connectivity index (χ1v) is 16.4. The number of amides is 4. The van der Waals surface area contributed by atoms with Gasteiger partial charge in [0.25, 0.3) is 11.1 Å². The summed E-state index contributed by atoms with van der Waals surface area (Å²) in [6.07, 6.45) is -5.69. The smallest absolute Gasteiger partial charge is 0.416 e. The van der Waals surface area contributed by atoms with Crippen molar-refractivity contribution in [1.29, 1.82) is 0 Å². The molecule has 50 heavy (non-hydrogen) atoms. The van der Waals surface area contributed by atoms with Gasteiger partial charge in [0.15, 0.2) is 6.29 Å². The van der Waals surface area contributed by atoms with Crippen molar-refractivity contribution >= 4 is 63.7 Å². The molecule has 1 fully saturated rings. The molecule has 0 aliphatic carbocycles. The number of hydrogen-bond acceptors (Lipinski definition) is 7. The lowest BCUT2D eigenvalue weighted by Gasteiger charge is -2.47. The van der Waals surface area contributed by atoms with Gasteiger partial charge in [0.1, 0.15) is 0 Å². The van der Waals surface area contributed by atoms with E-state index >= 15 is 0 Å². The van der Waals surface area contributed by atoms with Crippen LogP contribution < -0.4 is 5.48 Å². The minimum Gasteiger partial charge on any atom is -0.465 e. The number of imide groups is 1. The number of hydroxylamine groups is 1. The lowest BCUT2D eigenvalue weighted by molar-refractivity contribution is -0.138. The van der Waals surface area contributed by atoms with Gasteiger partial charge >= 0.3 is 18.4 Å². The van der Waals surface area contributed by atoms with Crippen LogP contribution in [0.25, 0.3) is 17.0 Å². The second-order valence-electron chi connectivity index (χ2n) is 13.4. The summed E-state index contributed by atoms with van der Waals surface area (Å²) < 4.78 is 42.5. The molecule has 2 heterocycles. The molecule has 1 aliphatic rings. The number of carboxylic acid groups (broad SMARTS) is 2. The van der Waals surface area contributed by atoms with E-state index < -0.39 is 52.4 Å². The van der Waals surface area contributed by atoms with Crippen molar-refractivity contribution in [3.05, 3.63) is 75.3 Å². The molecule has 12 nitrogen and oxygen atoms in total. The number of aromatic nitrogens is 1. The minimum atomic E-state index is -4.58. The fourth-order valence-electron chi connectivity index (χ4n) is 5.43. The molecule has 0 atom stereocenters. The van der Waals surface area contributed by atoms with Crippen LogP contribution >= 0.6 is 23.4 Å². The highest BCUT2D eigenvalue weighted by molar-refractivity contribution is 8.18. The molecule has 3 N–H and O–H groups in total. The molecule has 2 aromatic carbocycles. The van der Waals surface area contributed by atoms with Gasteiger partial charge in [-0.1, -0.05) is 23.7 Å². The Kier molecular flexibility index (Phi) is 11.2. The Bertz CT molecular complexity index is 1800. The van der Waals surface area contributed by atoms with Crippen molar-refractivity contribution < 1.29 is 47.4 Å². The van der Waals surface area contributed by atoms with Crippen LogP contribution in [0.4, 0.5) is 27.6 Å². The Balaban J connectivity index is 1.46. The second kappa shape index (κ2) is 14.5. The maximum atomic E-state index is 13.6. The van der Waals surface area contributed by atoms with Crippen molar-refractivity contribution in [3.63, 3.8) is 0 Å². The maximum absolute atomic E-state index is 13.6. The van der Waals surface area contributed by atoms with Crippen molar-refractivity contribution in [1.82, 2.24) is 24.7 Å². The van der Waals surface area contributed by atoms with Gasteiger partial charge in [-0.2, -0.15) is 18.7 Å². The zero-order valence-corrected chi connectivity index (χ0v) is 29.6. The van der Waals surface area contributed by atoms with E-state index in [0.29, 0.717) is 28.2 Å². The molecule has 0 bridgehead atoms. The van der Waals surface area contributed by atoms with Gasteiger partial charge in [0.05, 0.1) is 23.6 Å². The van der Waals surface area contributed by atoms with E-state index in [0.717, 1.165) is 20.8 Å². The topological polar surface area (TPSA) is 145 Å². The van der Waals surface area contributed by atoms with Gasteiger partial charge in [-0.3, -0.25) is 29.1 Å². The van der Waals surface area contributed by atoms with E-state index in [-0.39, 0.29) is 35.2 Å². The van der Waals surface area contributed by atoms with Gasteiger partial charge < -0.3 is 14.8 Å². The van der Waals surface area contributed by atoms with E-state index in [1.807, 2.05) is 0 Å². The van der Waals surface area contributed by atoms with Crippen LogP contribution in [-0.2, 0) is 22.4 Å². The molecule has 0 saturated carbocycles. The number of nitrogens with zero attached hydrogens (tertiary/aromatic N) is 4. The number of carbonyl (C=O) groups is 4. The molecular weight excluding hydrogens is 703 g/mol. The van der Waals surface area contributed by atoms with Crippen LogP contribution in [0.1, 0.15) is 58.2 Å². The first-order chi connectivity index (χ1) is 23.1. The van der Waals surface area contributed by atoms with E-state index in [1.54, 1.807) is 76.6 Å². The van der Waals surface area contributed by atoms with Gasteiger partial charge in [-0.25, -0.2) is 9.59 Å². The predicted molar refractivity (Wildman–Crippen MR) is 182 cm³/mol. The predicted octanol–water partition coefficient (Wildman–Crippen LogP) is 7.76. The molecule has 3 aromatic rings. The quantitative estimate of drug-likeness (QED) is 0.0822. The van der Waals surface area contributed by atoms with Crippen LogP contribution in [0.2, 0.25) is 5.02 Å². The third-order valence-electron chi connectivity index (χ3n) is 7.64. The molecule has 1 aromatic heterocycles. The number of halogens is 4. The Hall–Kier alpha value is -4.25. The Morgan fingerprint density at radius 3 is 2.16 bits per heavy atom. The summed E-state index contributed by atoms with van der Waals surface area (Å²) in [6.45, 7) is 8.97. The summed E-state index contributed by atoms with van der Waals surface area (Å²) in [5.74, 6) is -0.594. The third-order valence-corrected chi connectivity index (χ3v) is 8.78. The average molecular weight is 740 g/mol. The summed E-state index contributed by atoms with van der Waals surface area (Å²) in [5.41, 5.74) is 0.860. The van der Waals surface area contributed by atoms with Crippen molar-refractivity contribution in [2.24, 2.45) is 0 Å². The normalized spacial score (nSPS) is 15.1. The number of thioether (sulfide) groups is 1. The van der Waals surface area contributed by atoms with E-state index in [2.05, 4.69) is 5.48 Å². The van der Waals surface area contributed by atoms with Crippen molar-refractivity contribution in [2.75, 3.05) is 13.2 Å². The summed E-state index contributed by atoms with van der Waals surface area (Å²) in [6, 6.07) is 10.5. The van der Waals surface area contributed by atoms with Crippen molar-refractivity contribution in [3.8, 4) is 0 Å². The average Bonchev–Trinajstić information content (AvgIpc) is 3.48. The lowest BCUT2D eigenvalue weighted by atomic mass is 10.0. The molecular formula is C33H37ClF3N5O7S. The molecule has 4 rings (SSSR count). The number of alkyl halides is 3. The summed E-state index contributed by atoms with van der Waals surface area (Å²) in [4.78, 5) is 58.7. The summed E-state index contributed by atoms with van der Waals surface area (Å²) >= 11 is 6.53. The zero-order chi connectivity index (χ0) is 37.3. The fraction of sp³-hybridized carbons (Fsp3) is 0.394. The number of hydrogen-bond donors (Lipinski definition) is 3. The van der Waals surface area contributed by atoms with Gasteiger partial charge in [-0.15, -0.1) is 0 Å². The molecule has 270 valence electrons. The highest BCUT2D eigenvalue weighted by Gasteiger charge is 2.44. The Labute approximate surface area is 295 Å². The standard InChI is InChI=1S/C33H37ClF3N5O7S/c1-31(2,3)41(28(44)45)27(42(29(46)47)32(4,5)6)38-49-14-13-40-26(43)25(50-30(40)48)16-19-7-10-24-20(15-19)11-12-39(24)18-21-8-9-22(34)17-23(21)33(35,36)37/h7-12,15-17,27,38H,13-14,18H2,1-6H3,(H,44,45)(H,46,47)/b25-16-. The number of fused-ring (bicyclic) bond motifs is 1. The number of carbonyl (C=O) groups excluding carboxylic acids is 2. The van der Waals surface area contributed by atoms with Crippen LogP contribution in [0.15, 0.2) is 53.6 Å². The highest BCUT2D eigenvalue weighted by Crippen LogP contribution is 2.36. The fourth-order valence-corrected chi connectivity index (χ4v) is 6.47. The molecule has 1 aliphatic heterocycles. The zero-order valence-electron chi connectivity index (χ0n) is 28.0. The Morgan fingerprint density at radius 2 is 1.60 bits per heavy atom. The molecule has 17 heteroatoms. The SMILES string of the molecule is CC(C)(C)N(C(=O)O)C(NOCCN1C(=O)S/C(=C\c2ccc3c(ccn3Cc3ccc(Cl)cc3C(F)(F)F)c2)C1=O)N(C(=O)O)C(C)(C)C. The largest absolute Gasteiger partial charge is 0.465 e. The Morgan fingerprint density at radius 1 is 0.980 bits per heavy atom. The number of rotatable bonds is 10. The van der Waals surface area contributed by atoms with E-state index in [9.17, 15) is 42.6 Å². The molecule has 0 radical (unpaired) electrons. The first-order valence-electron chi connectivity index (χ1n) is 15.2. The van der Waals surface area contributed by atoms with Crippen LogP contribution in [0, 0.1) is 0 Å².